The molecule has 0 radical (unpaired) electrons. The normalized spacial score (nSPS) is 20.4. The summed E-state index contributed by atoms with van der Waals surface area (Å²) in [5.41, 5.74) is 1.92. The third kappa shape index (κ3) is 6.61. The Hall–Kier alpha value is -4.67. The number of ether oxygens (including phenoxy) is 3. The van der Waals surface area contributed by atoms with Gasteiger partial charge in [-0.05, 0) is 56.9 Å². The molecule has 0 spiro atoms. The van der Waals surface area contributed by atoms with E-state index in [-0.39, 0.29) is 41.9 Å². The van der Waals surface area contributed by atoms with Gasteiger partial charge in [0.1, 0.15) is 24.6 Å². The average molecular weight is 602 g/mol. The van der Waals surface area contributed by atoms with E-state index in [0.29, 0.717) is 24.8 Å². The summed E-state index contributed by atoms with van der Waals surface area (Å²) in [6.07, 6.45) is 6.35. The SMILES string of the molecule is C[C@H]1C[C@@H](Oc2ccnc(COc3ncc(C#N)cc3F)n2)CCN1Cc1nc2ccc(C(=O)O)cc2n1C[C@@H]1CCCO1. The zero-order chi connectivity index (χ0) is 30.6. The van der Waals surface area contributed by atoms with Crippen LogP contribution in [0.2, 0.25) is 0 Å². The zero-order valence-electron chi connectivity index (χ0n) is 24.2. The highest BCUT2D eigenvalue weighted by atomic mass is 19.1. The average Bonchev–Trinajstić information content (AvgIpc) is 3.66. The number of hydrogen-bond donors (Lipinski definition) is 1. The highest BCUT2D eigenvalue weighted by Gasteiger charge is 2.29. The number of aromatic carboxylic acids is 1. The highest BCUT2D eigenvalue weighted by Crippen LogP contribution is 2.27. The number of piperidine rings is 1. The lowest BCUT2D eigenvalue weighted by atomic mass is 10.0. The first-order chi connectivity index (χ1) is 21.4. The van der Waals surface area contributed by atoms with Gasteiger partial charge in [-0.3, -0.25) is 4.90 Å². The van der Waals surface area contributed by atoms with Crippen LogP contribution < -0.4 is 9.47 Å². The second-order valence-corrected chi connectivity index (χ2v) is 11.1. The number of carboxylic acids is 1. The monoisotopic (exact) mass is 601 g/mol. The van der Waals surface area contributed by atoms with E-state index >= 15 is 0 Å². The van der Waals surface area contributed by atoms with Gasteiger partial charge in [-0.2, -0.15) is 10.2 Å². The van der Waals surface area contributed by atoms with Crippen molar-refractivity contribution in [3.8, 4) is 17.8 Å². The highest BCUT2D eigenvalue weighted by molar-refractivity contribution is 5.92. The van der Waals surface area contributed by atoms with Gasteiger partial charge in [-0.1, -0.05) is 0 Å². The standard InChI is InChI=1S/C31H32FN7O5/c1-19-11-22(44-29-6-8-34-27(37-29)18-43-30-24(32)12-20(14-33)15-35-30)7-9-38(19)17-28-36-25-5-4-21(31(40)41)13-26(25)39(28)16-23-3-2-10-42-23/h4-6,8,12-13,15,19,22-23H,2-3,7,9-11,16-18H2,1H3,(H,40,41)/t19-,22-,23-/m0/s1. The van der Waals surface area contributed by atoms with Crippen molar-refractivity contribution in [1.29, 1.82) is 5.26 Å². The van der Waals surface area contributed by atoms with E-state index in [1.165, 1.54) is 6.20 Å². The van der Waals surface area contributed by atoms with Crippen molar-refractivity contribution >= 4 is 17.0 Å². The number of pyridine rings is 1. The number of halogens is 1. The number of rotatable bonds is 10. The van der Waals surface area contributed by atoms with Gasteiger partial charge in [-0.25, -0.2) is 24.1 Å². The van der Waals surface area contributed by atoms with Crippen molar-refractivity contribution < 1.29 is 28.5 Å². The second kappa shape index (κ2) is 12.9. The minimum Gasteiger partial charge on any atom is -0.478 e. The molecular weight excluding hydrogens is 569 g/mol. The van der Waals surface area contributed by atoms with E-state index in [2.05, 4.69) is 31.3 Å². The summed E-state index contributed by atoms with van der Waals surface area (Å²) in [6, 6.07) is 9.83. The van der Waals surface area contributed by atoms with E-state index in [4.69, 9.17) is 24.5 Å². The molecule has 2 aliphatic heterocycles. The zero-order valence-corrected chi connectivity index (χ0v) is 24.2. The summed E-state index contributed by atoms with van der Waals surface area (Å²) >= 11 is 0. The van der Waals surface area contributed by atoms with Crippen LogP contribution in [0.25, 0.3) is 11.0 Å². The first kappa shape index (κ1) is 29.4. The number of likely N-dealkylation sites (tertiary alicyclic amines) is 1. The summed E-state index contributed by atoms with van der Waals surface area (Å²) in [5.74, 6) is -0.316. The number of aromatic nitrogens is 5. The molecule has 2 saturated heterocycles. The third-order valence-electron chi connectivity index (χ3n) is 8.04. The number of hydrogen-bond acceptors (Lipinski definition) is 10. The van der Waals surface area contributed by atoms with Crippen LogP contribution in [0.5, 0.6) is 11.8 Å². The van der Waals surface area contributed by atoms with Gasteiger partial charge >= 0.3 is 5.97 Å². The Kier molecular flexibility index (Phi) is 8.63. The van der Waals surface area contributed by atoms with E-state index in [0.717, 1.165) is 61.8 Å². The van der Waals surface area contributed by atoms with Crippen molar-refractivity contribution in [1.82, 2.24) is 29.4 Å². The molecule has 3 aromatic heterocycles. The topological polar surface area (TPSA) is 149 Å². The summed E-state index contributed by atoms with van der Waals surface area (Å²) in [4.78, 5) is 31.4. The van der Waals surface area contributed by atoms with Gasteiger partial charge in [0, 0.05) is 37.7 Å². The molecule has 2 fully saturated rings. The molecule has 0 bridgehead atoms. The molecular formula is C31H32FN7O5. The van der Waals surface area contributed by atoms with Crippen molar-refractivity contribution in [2.75, 3.05) is 13.2 Å². The van der Waals surface area contributed by atoms with Gasteiger partial charge in [0.15, 0.2) is 11.6 Å². The number of benzene rings is 1. The van der Waals surface area contributed by atoms with Gasteiger partial charge in [-0.15, -0.1) is 0 Å². The van der Waals surface area contributed by atoms with Gasteiger partial charge in [0.25, 0.3) is 5.88 Å². The number of carbonyl (C=O) groups is 1. The molecule has 0 unspecified atom stereocenters. The van der Waals surface area contributed by atoms with Crippen LogP contribution in [-0.2, 0) is 24.4 Å². The minimum atomic E-state index is -0.963. The lowest BCUT2D eigenvalue weighted by molar-refractivity contribution is 0.0524. The van der Waals surface area contributed by atoms with Gasteiger partial charge < -0.3 is 23.9 Å². The minimum absolute atomic E-state index is 0.0635. The summed E-state index contributed by atoms with van der Waals surface area (Å²) in [5, 5.41) is 18.4. The molecule has 0 saturated carbocycles. The Morgan fingerprint density at radius 2 is 2.11 bits per heavy atom. The molecule has 0 amide bonds. The largest absolute Gasteiger partial charge is 0.478 e. The van der Waals surface area contributed by atoms with Crippen LogP contribution in [0, 0.1) is 17.1 Å². The number of nitriles is 1. The molecule has 12 nitrogen and oxygen atoms in total. The molecule has 4 aromatic rings. The molecule has 44 heavy (non-hydrogen) atoms. The predicted octanol–water partition coefficient (Wildman–Crippen LogP) is 4.12. The molecule has 2 aliphatic rings. The molecule has 3 atom stereocenters. The van der Waals surface area contributed by atoms with Crippen molar-refractivity contribution in [3.63, 3.8) is 0 Å². The number of imidazole rings is 1. The lowest BCUT2D eigenvalue weighted by Crippen LogP contribution is -2.44. The van der Waals surface area contributed by atoms with E-state index in [9.17, 15) is 14.3 Å². The first-order valence-electron chi connectivity index (χ1n) is 14.6. The Balaban J connectivity index is 1.09. The van der Waals surface area contributed by atoms with Crippen molar-refractivity contribution in [3.05, 3.63) is 71.3 Å². The quantitative estimate of drug-likeness (QED) is 0.280. The molecule has 1 N–H and O–H groups in total. The Morgan fingerprint density at radius 1 is 1.23 bits per heavy atom. The van der Waals surface area contributed by atoms with Crippen LogP contribution in [0.1, 0.15) is 60.2 Å². The van der Waals surface area contributed by atoms with Crippen LogP contribution in [-0.4, -0.2) is 71.9 Å². The molecule has 228 valence electrons. The summed E-state index contributed by atoms with van der Waals surface area (Å²) in [7, 11) is 0. The summed E-state index contributed by atoms with van der Waals surface area (Å²) in [6.45, 7) is 4.82. The maximum absolute atomic E-state index is 14.1. The Bertz CT molecular complexity index is 1700. The van der Waals surface area contributed by atoms with E-state index in [1.807, 2.05) is 6.07 Å². The lowest BCUT2D eigenvalue weighted by Gasteiger charge is -2.37. The number of fused-ring (bicyclic) bond motifs is 1. The van der Waals surface area contributed by atoms with E-state index in [1.54, 1.807) is 30.5 Å². The second-order valence-electron chi connectivity index (χ2n) is 11.1. The molecule has 13 heteroatoms. The fourth-order valence-electron chi connectivity index (χ4n) is 5.74. The smallest absolute Gasteiger partial charge is 0.335 e. The van der Waals surface area contributed by atoms with Crippen LogP contribution in [0.3, 0.4) is 0 Å². The van der Waals surface area contributed by atoms with Crippen LogP contribution in [0.15, 0.2) is 42.7 Å². The molecule has 6 rings (SSSR count). The number of nitrogens with zero attached hydrogens (tertiary/aromatic N) is 7. The Labute approximate surface area is 253 Å². The third-order valence-corrected chi connectivity index (χ3v) is 8.04. The van der Waals surface area contributed by atoms with Crippen LogP contribution in [0.4, 0.5) is 4.39 Å². The van der Waals surface area contributed by atoms with Crippen molar-refractivity contribution in [2.45, 2.75) is 70.6 Å². The molecule has 5 heterocycles. The fourth-order valence-corrected chi connectivity index (χ4v) is 5.74. The summed E-state index contributed by atoms with van der Waals surface area (Å²) < 4.78 is 33.8. The molecule has 1 aromatic carbocycles. The maximum Gasteiger partial charge on any atom is 0.335 e. The Morgan fingerprint density at radius 3 is 2.86 bits per heavy atom. The predicted molar refractivity (Wildman–Crippen MR) is 154 cm³/mol. The maximum atomic E-state index is 14.1. The number of carboxylic acid groups (broad SMARTS) is 1. The fraction of sp³-hybridized carbons (Fsp3) is 0.419. The van der Waals surface area contributed by atoms with E-state index < -0.39 is 11.8 Å². The van der Waals surface area contributed by atoms with Crippen LogP contribution >= 0.6 is 0 Å². The van der Waals surface area contributed by atoms with Gasteiger partial charge in [0.2, 0.25) is 5.88 Å². The van der Waals surface area contributed by atoms with Gasteiger partial charge in [0.05, 0.1) is 41.4 Å². The molecule has 0 aliphatic carbocycles. The van der Waals surface area contributed by atoms with Crippen molar-refractivity contribution in [2.24, 2.45) is 0 Å². The first-order valence-corrected chi connectivity index (χ1v) is 14.6.